The zero-order chi connectivity index (χ0) is 15.4. The van der Waals surface area contributed by atoms with Gasteiger partial charge in [0.2, 0.25) is 5.91 Å². The number of nitrogens with one attached hydrogen (secondary N) is 1. The van der Waals surface area contributed by atoms with Crippen LogP contribution < -0.4 is 5.32 Å². The third kappa shape index (κ3) is 3.57. The summed E-state index contributed by atoms with van der Waals surface area (Å²) in [5.74, 6) is -0.908. The Morgan fingerprint density at radius 1 is 1.43 bits per heavy atom. The lowest BCUT2D eigenvalue weighted by Gasteiger charge is -2.09. The van der Waals surface area contributed by atoms with E-state index in [1.54, 1.807) is 18.2 Å². The van der Waals surface area contributed by atoms with E-state index in [1.807, 2.05) is 6.92 Å². The summed E-state index contributed by atoms with van der Waals surface area (Å²) >= 11 is 5.98. The molecule has 0 spiro atoms. The van der Waals surface area contributed by atoms with E-state index in [9.17, 15) is 9.59 Å². The first-order valence-electron chi connectivity index (χ1n) is 6.04. The Morgan fingerprint density at radius 2 is 2.19 bits per heavy atom. The third-order valence-corrected chi connectivity index (χ3v) is 3.19. The summed E-state index contributed by atoms with van der Waals surface area (Å²) < 4.78 is 5.76. The molecule has 0 bridgehead atoms. The van der Waals surface area contributed by atoms with Gasteiger partial charge in [0.05, 0.1) is 13.3 Å². The van der Waals surface area contributed by atoms with Crippen LogP contribution >= 0.6 is 11.6 Å². The van der Waals surface area contributed by atoms with Gasteiger partial charge < -0.3 is 10.1 Å². The molecule has 0 saturated heterocycles. The second-order valence-electron chi connectivity index (χ2n) is 4.25. The van der Waals surface area contributed by atoms with Gasteiger partial charge in [0, 0.05) is 10.7 Å². The molecule has 1 amide bonds. The Bertz CT molecular complexity index is 684. The Balaban J connectivity index is 2.03. The van der Waals surface area contributed by atoms with Crippen molar-refractivity contribution in [3.05, 3.63) is 40.7 Å². The number of halogens is 1. The van der Waals surface area contributed by atoms with Crippen molar-refractivity contribution in [1.82, 2.24) is 15.0 Å². The molecule has 0 aliphatic heterocycles. The van der Waals surface area contributed by atoms with Crippen LogP contribution in [0.25, 0.3) is 0 Å². The highest BCUT2D eigenvalue weighted by Crippen LogP contribution is 2.22. The van der Waals surface area contributed by atoms with Crippen molar-refractivity contribution < 1.29 is 14.3 Å². The Morgan fingerprint density at radius 3 is 2.90 bits per heavy atom. The lowest BCUT2D eigenvalue weighted by Crippen LogP contribution is -2.19. The number of nitrogens with zero attached hydrogens (tertiary/aromatic N) is 3. The standard InChI is InChI=1S/C13H13ClN4O3/c1-8-9(14)4-3-5-10(8)15-12(19)7-18-6-11(16-17-18)13(20)21-2/h3-6H,7H2,1-2H3,(H,15,19). The van der Waals surface area contributed by atoms with Crippen LogP contribution in [-0.4, -0.2) is 34.0 Å². The summed E-state index contributed by atoms with van der Waals surface area (Å²) in [6, 6.07) is 5.24. The number of carbonyl (C=O) groups is 2. The lowest BCUT2D eigenvalue weighted by molar-refractivity contribution is -0.116. The number of aromatic nitrogens is 3. The largest absolute Gasteiger partial charge is 0.464 e. The van der Waals surface area contributed by atoms with Crippen molar-refractivity contribution in [3.8, 4) is 0 Å². The molecule has 1 aromatic heterocycles. The molecular weight excluding hydrogens is 296 g/mol. The summed E-state index contributed by atoms with van der Waals surface area (Å²) in [7, 11) is 1.25. The van der Waals surface area contributed by atoms with Crippen LogP contribution in [0.5, 0.6) is 0 Å². The van der Waals surface area contributed by atoms with Gasteiger partial charge in [-0.2, -0.15) is 0 Å². The van der Waals surface area contributed by atoms with Gasteiger partial charge >= 0.3 is 5.97 Å². The molecule has 1 heterocycles. The molecule has 2 rings (SSSR count). The number of methoxy groups -OCH3 is 1. The topological polar surface area (TPSA) is 86.1 Å². The third-order valence-electron chi connectivity index (χ3n) is 2.78. The van der Waals surface area contributed by atoms with E-state index in [0.717, 1.165) is 5.56 Å². The first-order valence-corrected chi connectivity index (χ1v) is 6.42. The number of rotatable bonds is 4. The Hall–Kier alpha value is -2.41. The molecule has 0 fully saturated rings. The van der Waals surface area contributed by atoms with Crippen LogP contribution in [0.3, 0.4) is 0 Å². The number of hydrogen-bond donors (Lipinski definition) is 1. The van der Waals surface area contributed by atoms with Gasteiger partial charge in [-0.05, 0) is 24.6 Å². The fraction of sp³-hybridized carbons (Fsp3) is 0.231. The van der Waals surface area contributed by atoms with Crippen molar-refractivity contribution in [1.29, 1.82) is 0 Å². The number of amides is 1. The summed E-state index contributed by atoms with van der Waals surface area (Å²) in [6.07, 6.45) is 1.34. The maximum atomic E-state index is 11.9. The van der Waals surface area contributed by atoms with Crippen LogP contribution in [0, 0.1) is 6.92 Å². The minimum absolute atomic E-state index is 0.0456. The van der Waals surface area contributed by atoms with Crippen LogP contribution in [0.15, 0.2) is 24.4 Å². The summed E-state index contributed by atoms with van der Waals surface area (Å²) in [5.41, 5.74) is 1.45. The summed E-state index contributed by atoms with van der Waals surface area (Å²) in [6.45, 7) is 1.73. The van der Waals surface area contributed by atoms with Gasteiger partial charge in [0.25, 0.3) is 0 Å². The second-order valence-corrected chi connectivity index (χ2v) is 4.66. The molecule has 8 heteroatoms. The number of ether oxygens (including phenoxy) is 1. The van der Waals surface area contributed by atoms with Crippen LogP contribution in [0.2, 0.25) is 5.02 Å². The smallest absolute Gasteiger partial charge is 0.360 e. The highest BCUT2D eigenvalue weighted by Gasteiger charge is 2.13. The minimum atomic E-state index is -0.604. The fourth-order valence-corrected chi connectivity index (χ4v) is 1.83. The number of anilines is 1. The van der Waals surface area contributed by atoms with Crippen molar-refractivity contribution in [2.24, 2.45) is 0 Å². The predicted molar refractivity (Wildman–Crippen MR) is 76.2 cm³/mol. The van der Waals surface area contributed by atoms with E-state index >= 15 is 0 Å². The van der Waals surface area contributed by atoms with E-state index in [2.05, 4.69) is 20.4 Å². The van der Waals surface area contributed by atoms with E-state index < -0.39 is 5.97 Å². The van der Waals surface area contributed by atoms with E-state index in [4.69, 9.17) is 11.6 Å². The molecule has 1 aromatic carbocycles. The van der Waals surface area contributed by atoms with Crippen molar-refractivity contribution in [3.63, 3.8) is 0 Å². The molecule has 0 atom stereocenters. The monoisotopic (exact) mass is 308 g/mol. The van der Waals surface area contributed by atoms with Crippen molar-refractivity contribution >= 4 is 29.2 Å². The molecule has 2 aromatic rings. The normalized spacial score (nSPS) is 10.2. The van der Waals surface area contributed by atoms with Crippen molar-refractivity contribution in [2.75, 3.05) is 12.4 Å². The number of carbonyl (C=O) groups excluding carboxylic acids is 2. The van der Waals surface area contributed by atoms with Crippen LogP contribution in [0.4, 0.5) is 5.69 Å². The molecule has 0 radical (unpaired) electrons. The molecule has 0 aliphatic rings. The first-order chi connectivity index (χ1) is 10.0. The highest BCUT2D eigenvalue weighted by atomic mass is 35.5. The first kappa shape index (κ1) is 15.0. The molecule has 0 unspecified atom stereocenters. The van der Waals surface area contributed by atoms with Gasteiger partial charge in [-0.15, -0.1) is 5.10 Å². The zero-order valence-electron chi connectivity index (χ0n) is 11.5. The lowest BCUT2D eigenvalue weighted by atomic mass is 10.2. The quantitative estimate of drug-likeness (QED) is 0.868. The van der Waals surface area contributed by atoms with Gasteiger partial charge in [-0.3, -0.25) is 4.79 Å². The average Bonchev–Trinajstić information content (AvgIpc) is 2.91. The maximum Gasteiger partial charge on any atom is 0.360 e. The zero-order valence-corrected chi connectivity index (χ0v) is 12.2. The number of esters is 1. The highest BCUT2D eigenvalue weighted by molar-refractivity contribution is 6.31. The number of hydrogen-bond acceptors (Lipinski definition) is 5. The molecule has 0 saturated carbocycles. The molecule has 1 N–H and O–H groups in total. The summed E-state index contributed by atoms with van der Waals surface area (Å²) in [4.78, 5) is 23.2. The fourth-order valence-electron chi connectivity index (χ4n) is 1.65. The summed E-state index contributed by atoms with van der Waals surface area (Å²) in [5, 5.41) is 10.6. The van der Waals surface area contributed by atoms with Gasteiger partial charge in [-0.1, -0.05) is 22.9 Å². The number of benzene rings is 1. The van der Waals surface area contributed by atoms with Gasteiger partial charge in [0.1, 0.15) is 6.54 Å². The van der Waals surface area contributed by atoms with E-state index in [0.29, 0.717) is 10.7 Å². The molecule has 110 valence electrons. The van der Waals surface area contributed by atoms with Crippen molar-refractivity contribution in [2.45, 2.75) is 13.5 Å². The molecule has 21 heavy (non-hydrogen) atoms. The maximum absolute atomic E-state index is 11.9. The minimum Gasteiger partial charge on any atom is -0.464 e. The Kier molecular flexibility index (Phi) is 4.54. The van der Waals surface area contributed by atoms with Crippen LogP contribution in [-0.2, 0) is 16.1 Å². The Labute approximate surface area is 125 Å². The molecule has 0 aliphatic carbocycles. The van der Waals surface area contributed by atoms with Gasteiger partial charge in [-0.25, -0.2) is 9.48 Å². The molecular formula is C13H13ClN4O3. The average molecular weight is 309 g/mol. The predicted octanol–water partition coefficient (Wildman–Crippen LogP) is 1.67. The molecule has 7 nitrogen and oxygen atoms in total. The second kappa shape index (κ2) is 6.36. The van der Waals surface area contributed by atoms with Gasteiger partial charge in [0.15, 0.2) is 5.69 Å². The van der Waals surface area contributed by atoms with Crippen LogP contribution in [0.1, 0.15) is 16.1 Å². The van der Waals surface area contributed by atoms with E-state index in [1.165, 1.54) is 18.0 Å². The van der Waals surface area contributed by atoms with E-state index in [-0.39, 0.29) is 18.1 Å². The SMILES string of the molecule is COC(=O)c1cn(CC(=O)Nc2cccc(Cl)c2C)nn1.